The molecule has 0 fully saturated rings. The lowest BCUT2D eigenvalue weighted by Gasteiger charge is -1.97. The maximum atomic E-state index is 11.7. The van der Waals surface area contributed by atoms with Crippen molar-refractivity contribution in [3.63, 3.8) is 0 Å². The average molecular weight is 162 g/mol. The zero-order chi connectivity index (χ0) is 8.27. The normalized spacial score (nSPS) is 10.9. The van der Waals surface area contributed by atoms with Crippen LogP contribution in [0.2, 0.25) is 0 Å². The highest BCUT2D eigenvalue weighted by atomic mass is 19.3. The molecule has 0 aliphatic carbocycles. The van der Waals surface area contributed by atoms with E-state index in [0.29, 0.717) is 5.69 Å². The highest BCUT2D eigenvalue weighted by molar-refractivity contribution is 4.96. The first kappa shape index (κ1) is 8.13. The summed E-state index contributed by atoms with van der Waals surface area (Å²) in [7, 11) is 0. The van der Waals surface area contributed by atoms with Gasteiger partial charge in [-0.3, -0.25) is 4.68 Å². The van der Waals surface area contributed by atoms with Gasteiger partial charge in [-0.05, 0) is 6.07 Å². The molecule has 1 aromatic heterocycles. The van der Waals surface area contributed by atoms with E-state index < -0.39 is 13.0 Å². The first-order valence-corrected chi connectivity index (χ1v) is 3.13. The van der Waals surface area contributed by atoms with Crippen molar-refractivity contribution in [1.82, 2.24) is 9.78 Å². The Bertz CT molecular complexity index is 224. The third-order valence-electron chi connectivity index (χ3n) is 1.18. The van der Waals surface area contributed by atoms with Gasteiger partial charge in [-0.2, -0.15) is 5.10 Å². The van der Waals surface area contributed by atoms with Gasteiger partial charge in [0.05, 0.1) is 12.3 Å². The lowest BCUT2D eigenvalue weighted by Crippen LogP contribution is -2.07. The van der Waals surface area contributed by atoms with Gasteiger partial charge < -0.3 is 5.11 Å². The lowest BCUT2D eigenvalue weighted by atomic mass is 10.5. The fraction of sp³-hybridized carbons (Fsp3) is 0.500. The second-order valence-electron chi connectivity index (χ2n) is 2.08. The van der Waals surface area contributed by atoms with Gasteiger partial charge in [0.25, 0.3) is 6.43 Å². The predicted molar refractivity (Wildman–Crippen MR) is 34.2 cm³/mol. The second-order valence-corrected chi connectivity index (χ2v) is 2.08. The minimum Gasteiger partial charge on any atom is -0.390 e. The van der Waals surface area contributed by atoms with Crippen LogP contribution in [0.5, 0.6) is 0 Å². The summed E-state index contributed by atoms with van der Waals surface area (Å²) in [6, 6.07) is 1.50. The van der Waals surface area contributed by atoms with E-state index in [4.69, 9.17) is 5.11 Å². The minimum absolute atomic E-state index is 0.212. The van der Waals surface area contributed by atoms with E-state index in [1.54, 1.807) is 0 Å². The summed E-state index contributed by atoms with van der Waals surface area (Å²) in [4.78, 5) is 0. The Balaban J connectivity index is 2.58. The fourth-order valence-electron chi connectivity index (χ4n) is 0.731. The fourth-order valence-corrected chi connectivity index (χ4v) is 0.731. The van der Waals surface area contributed by atoms with Crippen LogP contribution in [-0.2, 0) is 13.2 Å². The smallest absolute Gasteiger partial charge is 0.257 e. The summed E-state index contributed by atoms with van der Waals surface area (Å²) < 4.78 is 24.5. The Morgan fingerprint density at radius 2 is 2.36 bits per heavy atom. The van der Waals surface area contributed by atoms with Crippen LogP contribution in [0.4, 0.5) is 8.78 Å². The number of hydrogen-bond donors (Lipinski definition) is 1. The maximum absolute atomic E-state index is 11.7. The van der Waals surface area contributed by atoms with Crippen LogP contribution in [0.1, 0.15) is 5.69 Å². The summed E-state index contributed by atoms with van der Waals surface area (Å²) in [5.41, 5.74) is 0.408. The molecule has 1 aromatic rings. The van der Waals surface area contributed by atoms with Gasteiger partial charge in [-0.15, -0.1) is 0 Å². The van der Waals surface area contributed by atoms with Gasteiger partial charge in [0.1, 0.15) is 6.54 Å². The van der Waals surface area contributed by atoms with E-state index >= 15 is 0 Å². The van der Waals surface area contributed by atoms with Crippen molar-refractivity contribution in [1.29, 1.82) is 0 Å². The van der Waals surface area contributed by atoms with E-state index in [1.165, 1.54) is 12.3 Å². The van der Waals surface area contributed by atoms with E-state index in [9.17, 15) is 8.78 Å². The predicted octanol–water partition coefficient (Wildman–Crippen LogP) is 0.641. The van der Waals surface area contributed by atoms with Crippen molar-refractivity contribution in [3.05, 3.63) is 18.0 Å². The van der Waals surface area contributed by atoms with Crippen molar-refractivity contribution in [2.75, 3.05) is 0 Å². The van der Waals surface area contributed by atoms with Crippen molar-refractivity contribution < 1.29 is 13.9 Å². The maximum Gasteiger partial charge on any atom is 0.257 e. The Hall–Kier alpha value is -0.970. The largest absolute Gasteiger partial charge is 0.390 e. The molecule has 0 aliphatic heterocycles. The summed E-state index contributed by atoms with van der Waals surface area (Å²) in [6.45, 7) is -0.629. The van der Waals surface area contributed by atoms with Gasteiger partial charge in [0, 0.05) is 6.20 Å². The summed E-state index contributed by atoms with van der Waals surface area (Å²) in [5.74, 6) is 0. The number of halogens is 2. The molecule has 1 N–H and O–H groups in total. The highest BCUT2D eigenvalue weighted by Crippen LogP contribution is 1.99. The van der Waals surface area contributed by atoms with Gasteiger partial charge >= 0.3 is 0 Å². The number of hydrogen-bond acceptors (Lipinski definition) is 2. The monoisotopic (exact) mass is 162 g/mol. The van der Waals surface area contributed by atoms with Gasteiger partial charge in [0.2, 0.25) is 0 Å². The molecule has 0 spiro atoms. The average Bonchev–Trinajstić information content (AvgIpc) is 2.34. The van der Waals surface area contributed by atoms with Gasteiger partial charge in [-0.1, -0.05) is 0 Å². The van der Waals surface area contributed by atoms with Crippen molar-refractivity contribution in [2.24, 2.45) is 0 Å². The molecule has 1 rings (SSSR count). The molecule has 0 saturated heterocycles. The van der Waals surface area contributed by atoms with Crippen molar-refractivity contribution in [3.8, 4) is 0 Å². The highest BCUT2D eigenvalue weighted by Gasteiger charge is 2.04. The number of aliphatic hydroxyl groups is 1. The zero-order valence-corrected chi connectivity index (χ0v) is 5.74. The molecule has 0 saturated carbocycles. The Morgan fingerprint density at radius 3 is 2.82 bits per heavy atom. The summed E-state index contributed by atoms with van der Waals surface area (Å²) >= 11 is 0. The number of nitrogens with zero attached hydrogens (tertiary/aromatic N) is 2. The number of alkyl halides is 2. The molecule has 5 heteroatoms. The number of aromatic nitrogens is 2. The molecule has 3 nitrogen and oxygen atoms in total. The van der Waals surface area contributed by atoms with Crippen LogP contribution in [0.25, 0.3) is 0 Å². The molecule has 0 radical (unpaired) electrons. The second kappa shape index (κ2) is 3.43. The molecular formula is C6H8F2N2O. The molecular weight excluding hydrogens is 154 g/mol. The topological polar surface area (TPSA) is 38.0 Å². The quantitative estimate of drug-likeness (QED) is 0.708. The third kappa shape index (κ3) is 2.27. The zero-order valence-electron chi connectivity index (χ0n) is 5.74. The number of rotatable bonds is 3. The molecule has 0 aliphatic rings. The SMILES string of the molecule is OCc1ccn(CC(F)F)n1. The molecule has 0 amide bonds. The standard InChI is InChI=1S/C6H8F2N2O/c7-6(8)3-10-2-1-5(4-11)9-10/h1-2,6,11H,3-4H2. The first-order chi connectivity index (χ1) is 5.22. The van der Waals surface area contributed by atoms with E-state index in [-0.39, 0.29) is 6.61 Å². The van der Waals surface area contributed by atoms with Crippen LogP contribution in [-0.4, -0.2) is 21.3 Å². The molecule has 62 valence electrons. The van der Waals surface area contributed by atoms with Crippen LogP contribution < -0.4 is 0 Å². The van der Waals surface area contributed by atoms with Gasteiger partial charge in [0.15, 0.2) is 0 Å². The van der Waals surface area contributed by atoms with Crippen LogP contribution in [0.3, 0.4) is 0 Å². The van der Waals surface area contributed by atoms with E-state index in [1.807, 2.05) is 0 Å². The summed E-state index contributed by atoms with van der Waals surface area (Å²) in [5, 5.41) is 12.2. The minimum atomic E-state index is -2.40. The van der Waals surface area contributed by atoms with Crippen LogP contribution in [0.15, 0.2) is 12.3 Å². The molecule has 1 heterocycles. The van der Waals surface area contributed by atoms with E-state index in [2.05, 4.69) is 5.10 Å². The van der Waals surface area contributed by atoms with E-state index in [0.717, 1.165) is 4.68 Å². The van der Waals surface area contributed by atoms with Crippen LogP contribution in [0, 0.1) is 0 Å². The Kier molecular flexibility index (Phi) is 2.53. The summed E-state index contributed by atoms with van der Waals surface area (Å²) in [6.07, 6.45) is -0.987. The van der Waals surface area contributed by atoms with Crippen LogP contribution >= 0.6 is 0 Å². The lowest BCUT2D eigenvalue weighted by molar-refractivity contribution is 0.121. The molecule has 0 aromatic carbocycles. The molecule has 0 unspecified atom stereocenters. The molecule has 0 atom stereocenters. The van der Waals surface area contributed by atoms with Crippen molar-refractivity contribution in [2.45, 2.75) is 19.6 Å². The van der Waals surface area contributed by atoms with Crippen molar-refractivity contribution >= 4 is 0 Å². The van der Waals surface area contributed by atoms with Gasteiger partial charge in [-0.25, -0.2) is 8.78 Å². The number of aliphatic hydroxyl groups excluding tert-OH is 1. The Morgan fingerprint density at radius 1 is 1.64 bits per heavy atom. The third-order valence-corrected chi connectivity index (χ3v) is 1.18. The first-order valence-electron chi connectivity index (χ1n) is 3.13. The molecule has 0 bridgehead atoms. The Labute approximate surface area is 62.3 Å². The molecule has 11 heavy (non-hydrogen) atoms.